The topological polar surface area (TPSA) is 12.0 Å². The van der Waals surface area contributed by atoms with Crippen LogP contribution in [0.4, 0.5) is 0 Å². The molecule has 0 aliphatic heterocycles. The van der Waals surface area contributed by atoms with Crippen molar-refractivity contribution in [2.75, 3.05) is 25.1 Å². The molecule has 1 nitrogen and oxygen atoms in total. The summed E-state index contributed by atoms with van der Waals surface area (Å²) in [6.07, 6.45) is 3.38. The van der Waals surface area contributed by atoms with Gasteiger partial charge in [0.05, 0.1) is 0 Å². The lowest BCUT2D eigenvalue weighted by molar-refractivity contribution is 0.708. The zero-order chi connectivity index (χ0) is 6.24. The van der Waals surface area contributed by atoms with Crippen molar-refractivity contribution >= 4 is 11.8 Å². The van der Waals surface area contributed by atoms with E-state index in [9.17, 15) is 0 Å². The quantitative estimate of drug-likeness (QED) is 0.568. The normalized spacial score (nSPS) is 9.75. The summed E-state index contributed by atoms with van der Waals surface area (Å²) in [5, 5.41) is 3.32. The lowest BCUT2D eigenvalue weighted by Gasteiger charge is -1.97. The van der Waals surface area contributed by atoms with Crippen LogP contribution in [0.2, 0.25) is 0 Å². The van der Waals surface area contributed by atoms with Crippen LogP contribution >= 0.6 is 11.8 Å². The standard InChI is InChI=1S/C6H15NS/c1-3-4-7-5-6-8-2/h7H,3-6H2,1-2H3. The van der Waals surface area contributed by atoms with Gasteiger partial charge in [-0.3, -0.25) is 0 Å². The van der Waals surface area contributed by atoms with Gasteiger partial charge in [-0.05, 0) is 19.2 Å². The molecule has 0 saturated carbocycles. The van der Waals surface area contributed by atoms with Crippen LogP contribution in [-0.4, -0.2) is 25.1 Å². The number of hydrogen-bond donors (Lipinski definition) is 1. The van der Waals surface area contributed by atoms with Crippen molar-refractivity contribution in [1.29, 1.82) is 0 Å². The van der Waals surface area contributed by atoms with Gasteiger partial charge in [-0.2, -0.15) is 11.8 Å². The summed E-state index contributed by atoms with van der Waals surface area (Å²) in [5.41, 5.74) is 0. The Morgan fingerprint density at radius 3 is 2.62 bits per heavy atom. The average Bonchev–Trinajstić information content (AvgIpc) is 1.81. The molecule has 0 spiro atoms. The van der Waals surface area contributed by atoms with Crippen molar-refractivity contribution in [1.82, 2.24) is 5.32 Å². The van der Waals surface area contributed by atoms with E-state index in [4.69, 9.17) is 0 Å². The molecule has 0 bridgehead atoms. The third-order valence-electron chi connectivity index (χ3n) is 0.910. The van der Waals surface area contributed by atoms with E-state index in [-0.39, 0.29) is 0 Å². The highest BCUT2D eigenvalue weighted by Crippen LogP contribution is 1.86. The van der Waals surface area contributed by atoms with Gasteiger partial charge in [-0.15, -0.1) is 0 Å². The molecule has 0 rings (SSSR count). The molecule has 0 aromatic heterocycles. The first kappa shape index (κ1) is 8.31. The Kier molecular flexibility index (Phi) is 7.59. The first-order valence-electron chi connectivity index (χ1n) is 3.11. The zero-order valence-corrected chi connectivity index (χ0v) is 6.55. The minimum absolute atomic E-state index is 1.16. The molecular weight excluding hydrogens is 118 g/mol. The van der Waals surface area contributed by atoms with Gasteiger partial charge in [0.15, 0.2) is 0 Å². The van der Waals surface area contributed by atoms with E-state index in [1.165, 1.54) is 18.7 Å². The molecule has 0 saturated heterocycles. The summed E-state index contributed by atoms with van der Waals surface area (Å²) in [7, 11) is 0. The third kappa shape index (κ3) is 6.31. The number of hydrogen-bond acceptors (Lipinski definition) is 2. The van der Waals surface area contributed by atoms with Crippen LogP contribution < -0.4 is 5.32 Å². The van der Waals surface area contributed by atoms with Gasteiger partial charge in [0.25, 0.3) is 0 Å². The summed E-state index contributed by atoms with van der Waals surface area (Å²) in [4.78, 5) is 0. The summed E-state index contributed by atoms with van der Waals surface area (Å²) >= 11 is 1.89. The fourth-order valence-electron chi connectivity index (χ4n) is 0.476. The molecule has 0 aliphatic rings. The fraction of sp³-hybridized carbons (Fsp3) is 1.00. The van der Waals surface area contributed by atoms with E-state index in [0.29, 0.717) is 0 Å². The van der Waals surface area contributed by atoms with Gasteiger partial charge < -0.3 is 5.32 Å². The maximum atomic E-state index is 3.32. The number of thioether (sulfide) groups is 1. The SMILES string of the molecule is CCCNCCSC. The molecule has 0 aliphatic carbocycles. The van der Waals surface area contributed by atoms with Crippen LogP contribution in [0.5, 0.6) is 0 Å². The van der Waals surface area contributed by atoms with Crippen LogP contribution in [0.3, 0.4) is 0 Å². The van der Waals surface area contributed by atoms with Gasteiger partial charge in [0.2, 0.25) is 0 Å². The molecule has 0 atom stereocenters. The molecule has 2 heteroatoms. The number of nitrogens with one attached hydrogen (secondary N) is 1. The fourth-order valence-corrected chi connectivity index (χ4v) is 0.824. The van der Waals surface area contributed by atoms with E-state index in [1.807, 2.05) is 11.8 Å². The monoisotopic (exact) mass is 133 g/mol. The highest BCUT2D eigenvalue weighted by molar-refractivity contribution is 7.98. The van der Waals surface area contributed by atoms with Gasteiger partial charge in [0, 0.05) is 12.3 Å². The van der Waals surface area contributed by atoms with Crippen LogP contribution in [0.25, 0.3) is 0 Å². The molecule has 1 N–H and O–H groups in total. The van der Waals surface area contributed by atoms with Crippen molar-refractivity contribution < 1.29 is 0 Å². The molecule has 0 aromatic rings. The van der Waals surface area contributed by atoms with E-state index in [1.54, 1.807) is 0 Å². The maximum Gasteiger partial charge on any atom is 0.00553 e. The second-order valence-corrected chi connectivity index (χ2v) is 2.73. The summed E-state index contributed by atoms with van der Waals surface area (Å²) in [6, 6.07) is 0. The molecular formula is C6H15NS. The van der Waals surface area contributed by atoms with E-state index in [2.05, 4.69) is 18.5 Å². The third-order valence-corrected chi connectivity index (χ3v) is 1.52. The molecule has 0 heterocycles. The van der Waals surface area contributed by atoms with E-state index >= 15 is 0 Å². The van der Waals surface area contributed by atoms with Gasteiger partial charge in [-0.1, -0.05) is 6.92 Å². The largest absolute Gasteiger partial charge is 0.316 e. The molecule has 0 unspecified atom stereocenters. The first-order valence-corrected chi connectivity index (χ1v) is 4.50. The Labute approximate surface area is 56.2 Å². The van der Waals surface area contributed by atoms with Crippen molar-refractivity contribution in [2.24, 2.45) is 0 Å². The predicted octanol–water partition coefficient (Wildman–Crippen LogP) is 1.35. The Balaban J connectivity index is 2.53. The summed E-state index contributed by atoms with van der Waals surface area (Å²) < 4.78 is 0. The number of rotatable bonds is 5. The molecule has 8 heavy (non-hydrogen) atoms. The zero-order valence-electron chi connectivity index (χ0n) is 5.74. The van der Waals surface area contributed by atoms with Gasteiger partial charge in [0.1, 0.15) is 0 Å². The lowest BCUT2D eigenvalue weighted by Crippen LogP contribution is -2.17. The van der Waals surface area contributed by atoms with Crippen molar-refractivity contribution in [3.8, 4) is 0 Å². The molecule has 0 fully saturated rings. The Morgan fingerprint density at radius 1 is 1.38 bits per heavy atom. The van der Waals surface area contributed by atoms with Gasteiger partial charge >= 0.3 is 0 Å². The minimum atomic E-state index is 1.16. The Morgan fingerprint density at radius 2 is 2.12 bits per heavy atom. The molecule has 50 valence electrons. The highest BCUT2D eigenvalue weighted by Gasteiger charge is 1.80. The molecule has 0 radical (unpaired) electrons. The summed E-state index contributed by atoms with van der Waals surface area (Å²) in [6.45, 7) is 4.52. The van der Waals surface area contributed by atoms with Crippen LogP contribution in [0.1, 0.15) is 13.3 Å². The smallest absolute Gasteiger partial charge is 0.00553 e. The second-order valence-electron chi connectivity index (χ2n) is 1.74. The highest BCUT2D eigenvalue weighted by atomic mass is 32.2. The molecule has 0 aromatic carbocycles. The maximum absolute atomic E-state index is 3.32. The van der Waals surface area contributed by atoms with Crippen LogP contribution in [-0.2, 0) is 0 Å². The summed E-state index contributed by atoms with van der Waals surface area (Å²) in [5.74, 6) is 1.24. The first-order chi connectivity index (χ1) is 3.91. The lowest BCUT2D eigenvalue weighted by atomic mass is 10.5. The van der Waals surface area contributed by atoms with Crippen molar-refractivity contribution in [3.05, 3.63) is 0 Å². The molecule has 0 amide bonds. The van der Waals surface area contributed by atoms with E-state index < -0.39 is 0 Å². The van der Waals surface area contributed by atoms with Crippen LogP contribution in [0.15, 0.2) is 0 Å². The van der Waals surface area contributed by atoms with Crippen molar-refractivity contribution in [3.63, 3.8) is 0 Å². The van der Waals surface area contributed by atoms with Gasteiger partial charge in [-0.25, -0.2) is 0 Å². The van der Waals surface area contributed by atoms with Crippen LogP contribution in [0, 0.1) is 0 Å². The minimum Gasteiger partial charge on any atom is -0.316 e. The average molecular weight is 133 g/mol. The Bertz CT molecular complexity index is 33.5. The second kappa shape index (κ2) is 7.31. The predicted molar refractivity (Wildman–Crippen MR) is 41.5 cm³/mol. The Hall–Kier alpha value is 0.310. The van der Waals surface area contributed by atoms with E-state index in [0.717, 1.165) is 6.54 Å². The van der Waals surface area contributed by atoms with Crippen molar-refractivity contribution in [2.45, 2.75) is 13.3 Å².